The molecular weight excluding hydrogens is 370 g/mol. The van der Waals surface area contributed by atoms with Crippen LogP contribution in [-0.2, 0) is 16.1 Å². The zero-order chi connectivity index (χ0) is 20.1. The lowest BCUT2D eigenvalue weighted by atomic mass is 9.78. The van der Waals surface area contributed by atoms with E-state index in [0.29, 0.717) is 25.6 Å². The summed E-state index contributed by atoms with van der Waals surface area (Å²) in [4.78, 5) is 39.7. The molecule has 1 saturated carbocycles. The van der Waals surface area contributed by atoms with E-state index in [1.165, 1.54) is 18.9 Å². The van der Waals surface area contributed by atoms with Gasteiger partial charge in [0.1, 0.15) is 6.04 Å². The smallest absolute Gasteiger partial charge is 0.251 e. The van der Waals surface area contributed by atoms with Gasteiger partial charge in [-0.25, -0.2) is 0 Å². The molecule has 8 nitrogen and oxygen atoms in total. The molecule has 152 valence electrons. The molecule has 2 aliphatic heterocycles. The molecule has 3 aliphatic rings. The lowest BCUT2D eigenvalue weighted by Crippen LogP contribution is -2.54. The van der Waals surface area contributed by atoms with Crippen LogP contribution in [0.2, 0.25) is 0 Å². The third-order valence-electron chi connectivity index (χ3n) is 6.46. The number of H-pyrrole nitrogens is 1. The Hall–Kier alpha value is -2.90. The maximum Gasteiger partial charge on any atom is 0.251 e. The summed E-state index contributed by atoms with van der Waals surface area (Å²) in [7, 11) is 0. The third-order valence-corrected chi connectivity index (χ3v) is 6.46. The van der Waals surface area contributed by atoms with E-state index < -0.39 is 6.04 Å². The molecule has 29 heavy (non-hydrogen) atoms. The van der Waals surface area contributed by atoms with Gasteiger partial charge in [-0.15, -0.1) is 0 Å². The molecule has 0 radical (unpaired) electrons. The molecule has 3 atom stereocenters. The molecule has 0 spiro atoms. The van der Waals surface area contributed by atoms with Crippen LogP contribution >= 0.6 is 0 Å². The van der Waals surface area contributed by atoms with Crippen LogP contribution in [0.15, 0.2) is 29.1 Å². The Morgan fingerprint density at radius 3 is 2.83 bits per heavy atom. The number of hydrogen-bond acceptors (Lipinski definition) is 4. The molecule has 1 saturated heterocycles. The van der Waals surface area contributed by atoms with Crippen LogP contribution in [0.3, 0.4) is 0 Å². The molecule has 2 amide bonds. The number of amides is 2. The van der Waals surface area contributed by atoms with Crippen LogP contribution in [0.4, 0.5) is 0 Å². The minimum Gasteiger partial charge on any atom is -0.349 e. The van der Waals surface area contributed by atoms with Gasteiger partial charge in [-0.3, -0.25) is 24.0 Å². The highest BCUT2D eigenvalue weighted by molar-refractivity contribution is 5.81. The zero-order valence-corrected chi connectivity index (χ0v) is 16.4. The molecule has 5 rings (SSSR count). The van der Waals surface area contributed by atoms with Crippen LogP contribution in [-0.4, -0.2) is 44.6 Å². The number of hydrogen-bond donors (Lipinski definition) is 2. The summed E-state index contributed by atoms with van der Waals surface area (Å²) >= 11 is 0. The number of aromatic amines is 1. The SMILES string of the molecule is CC(=O)N1C[C@H]2C[C@@H](C1)[C@H](C(=O)NCc1cc(C3CC3)n[nH]1)n1c2cccc1=O. The fourth-order valence-corrected chi connectivity index (χ4v) is 4.87. The van der Waals surface area contributed by atoms with Crippen LogP contribution < -0.4 is 10.9 Å². The number of pyridine rings is 1. The van der Waals surface area contributed by atoms with Crippen molar-refractivity contribution in [2.75, 3.05) is 13.1 Å². The molecule has 1 aliphatic carbocycles. The van der Waals surface area contributed by atoms with E-state index in [1.54, 1.807) is 22.5 Å². The highest BCUT2D eigenvalue weighted by Gasteiger charge is 2.44. The molecule has 8 heteroatoms. The first-order valence-corrected chi connectivity index (χ1v) is 10.3. The second kappa shape index (κ2) is 6.86. The number of carbonyl (C=O) groups excluding carboxylic acids is 2. The van der Waals surface area contributed by atoms with Crippen molar-refractivity contribution in [1.29, 1.82) is 0 Å². The number of likely N-dealkylation sites (tertiary alicyclic amines) is 1. The molecule has 2 N–H and O–H groups in total. The van der Waals surface area contributed by atoms with Crippen molar-refractivity contribution in [3.05, 3.63) is 51.7 Å². The average molecular weight is 395 g/mol. The van der Waals surface area contributed by atoms with Crippen molar-refractivity contribution in [2.24, 2.45) is 5.92 Å². The molecule has 2 aromatic rings. The Balaban J connectivity index is 1.40. The number of rotatable bonds is 4. The van der Waals surface area contributed by atoms with Crippen molar-refractivity contribution < 1.29 is 9.59 Å². The number of nitrogens with one attached hydrogen (secondary N) is 2. The van der Waals surface area contributed by atoms with Crippen LogP contribution in [0.5, 0.6) is 0 Å². The number of piperidine rings is 1. The van der Waals surface area contributed by atoms with Gasteiger partial charge in [0.15, 0.2) is 0 Å². The summed E-state index contributed by atoms with van der Waals surface area (Å²) in [6.07, 6.45) is 3.16. The lowest BCUT2D eigenvalue weighted by molar-refractivity contribution is -0.135. The Labute approximate surface area is 168 Å². The number of carbonyl (C=O) groups is 2. The largest absolute Gasteiger partial charge is 0.349 e. The molecule has 2 aromatic heterocycles. The van der Waals surface area contributed by atoms with E-state index in [2.05, 4.69) is 15.5 Å². The van der Waals surface area contributed by atoms with Gasteiger partial charge in [-0.05, 0) is 31.4 Å². The summed E-state index contributed by atoms with van der Waals surface area (Å²) < 4.78 is 1.65. The Bertz CT molecular complexity index is 1020. The summed E-state index contributed by atoms with van der Waals surface area (Å²) in [5.41, 5.74) is 2.60. The number of aromatic nitrogens is 3. The van der Waals surface area contributed by atoms with Crippen molar-refractivity contribution >= 4 is 11.8 Å². The topological polar surface area (TPSA) is 100 Å². The van der Waals surface area contributed by atoms with Gasteiger partial charge in [-0.2, -0.15) is 5.10 Å². The fourth-order valence-electron chi connectivity index (χ4n) is 4.87. The molecule has 4 heterocycles. The summed E-state index contributed by atoms with van der Waals surface area (Å²) in [6.45, 7) is 3.00. The predicted octanol–water partition coefficient (Wildman–Crippen LogP) is 1.27. The summed E-state index contributed by atoms with van der Waals surface area (Å²) in [5.74, 6) is 0.390. The first-order valence-electron chi connectivity index (χ1n) is 10.3. The van der Waals surface area contributed by atoms with E-state index in [9.17, 15) is 14.4 Å². The maximum absolute atomic E-state index is 13.2. The predicted molar refractivity (Wildman–Crippen MR) is 105 cm³/mol. The Morgan fingerprint density at radius 1 is 1.24 bits per heavy atom. The highest BCUT2D eigenvalue weighted by atomic mass is 16.2. The first kappa shape index (κ1) is 18.1. The van der Waals surface area contributed by atoms with Gasteiger partial charge in [0, 0.05) is 49.5 Å². The monoisotopic (exact) mass is 395 g/mol. The molecule has 2 fully saturated rings. The Kier molecular flexibility index (Phi) is 4.29. The maximum atomic E-state index is 13.2. The number of nitrogens with zero attached hydrogens (tertiary/aromatic N) is 3. The van der Waals surface area contributed by atoms with E-state index in [1.807, 2.05) is 12.1 Å². The van der Waals surface area contributed by atoms with Gasteiger partial charge in [0.05, 0.1) is 17.9 Å². The van der Waals surface area contributed by atoms with E-state index in [0.717, 1.165) is 23.5 Å². The van der Waals surface area contributed by atoms with Crippen molar-refractivity contribution in [1.82, 2.24) is 25.0 Å². The van der Waals surface area contributed by atoms with E-state index in [4.69, 9.17) is 0 Å². The zero-order valence-electron chi connectivity index (χ0n) is 16.4. The molecule has 0 aromatic carbocycles. The van der Waals surface area contributed by atoms with Gasteiger partial charge in [-0.1, -0.05) is 6.07 Å². The number of fused-ring (bicyclic) bond motifs is 4. The molecule has 2 bridgehead atoms. The second-order valence-electron chi connectivity index (χ2n) is 8.53. The minimum atomic E-state index is -0.608. The van der Waals surface area contributed by atoms with Crippen LogP contribution in [0, 0.1) is 5.92 Å². The normalized spacial score (nSPS) is 25.4. The highest BCUT2D eigenvalue weighted by Crippen LogP contribution is 2.41. The van der Waals surface area contributed by atoms with E-state index >= 15 is 0 Å². The van der Waals surface area contributed by atoms with Crippen LogP contribution in [0.1, 0.15) is 61.1 Å². The molecule has 0 unspecified atom stereocenters. The Morgan fingerprint density at radius 2 is 2.07 bits per heavy atom. The quantitative estimate of drug-likeness (QED) is 0.814. The van der Waals surface area contributed by atoms with Crippen molar-refractivity contribution in [2.45, 2.75) is 50.6 Å². The van der Waals surface area contributed by atoms with Crippen molar-refractivity contribution in [3.8, 4) is 0 Å². The van der Waals surface area contributed by atoms with Gasteiger partial charge < -0.3 is 10.2 Å². The summed E-state index contributed by atoms with van der Waals surface area (Å²) in [5, 5.41) is 10.3. The van der Waals surface area contributed by atoms with Gasteiger partial charge >= 0.3 is 0 Å². The third kappa shape index (κ3) is 3.26. The van der Waals surface area contributed by atoms with Crippen LogP contribution in [0.25, 0.3) is 0 Å². The van der Waals surface area contributed by atoms with Crippen molar-refractivity contribution in [3.63, 3.8) is 0 Å². The standard InChI is InChI=1S/C21H25N5O3/c1-12(27)25-10-14-7-15(11-25)20(26-18(14)3-2-4-19(26)28)21(29)22-9-16-8-17(24-23-16)13-5-6-13/h2-4,8,13-15,20H,5-7,9-11H2,1H3,(H,22,29)(H,23,24)/t14-,15+,20-/m1/s1. The first-order chi connectivity index (χ1) is 14.0. The molecular formula is C21H25N5O3. The minimum absolute atomic E-state index is 0.00986. The second-order valence-corrected chi connectivity index (χ2v) is 8.53. The van der Waals surface area contributed by atoms with Gasteiger partial charge in [0.25, 0.3) is 5.56 Å². The lowest BCUT2D eigenvalue weighted by Gasteiger charge is -2.46. The average Bonchev–Trinajstić information content (AvgIpc) is 3.45. The van der Waals surface area contributed by atoms with E-state index in [-0.39, 0.29) is 29.2 Å². The fraction of sp³-hybridized carbons (Fsp3) is 0.524. The van der Waals surface area contributed by atoms with Gasteiger partial charge in [0.2, 0.25) is 11.8 Å². The summed E-state index contributed by atoms with van der Waals surface area (Å²) in [6, 6.07) is 6.54.